The number of nitrogens with zero attached hydrogens (tertiary/aromatic N) is 1. The van der Waals surface area contributed by atoms with Crippen LogP contribution in [0.3, 0.4) is 0 Å². The Balaban J connectivity index is 0.000000526. The lowest BCUT2D eigenvalue weighted by molar-refractivity contribution is 0.148. The summed E-state index contributed by atoms with van der Waals surface area (Å²) in [5.74, 6) is 0. The van der Waals surface area contributed by atoms with Crippen molar-refractivity contribution in [1.82, 2.24) is 4.90 Å². The van der Waals surface area contributed by atoms with Crippen LogP contribution in [0.2, 0.25) is 0 Å². The van der Waals surface area contributed by atoms with Gasteiger partial charge in [0.15, 0.2) is 0 Å². The molecule has 2 aromatic rings. The van der Waals surface area contributed by atoms with E-state index in [9.17, 15) is 0 Å². The minimum Gasteiger partial charge on any atom is -0.297 e. The molecule has 4 heteroatoms. The average molecular weight is 424 g/mol. The standard InChI is InChI=1S/C18H21NS2.C2H5Br/c1-2-10-19-11-3-6-14(15(19)7-1)18(16-8-4-12-20-16)17-9-5-13-21-17;1-2-3/h4-5,8-9,12-13,15H,1-3,6-7,10-11H2;2H2,1H3. The molecule has 2 aliphatic heterocycles. The lowest BCUT2D eigenvalue weighted by atomic mass is 9.84. The van der Waals surface area contributed by atoms with Crippen molar-refractivity contribution in [3.8, 4) is 0 Å². The molecule has 0 bridgehead atoms. The summed E-state index contributed by atoms with van der Waals surface area (Å²) in [5.41, 5.74) is 3.27. The number of thiophene rings is 2. The van der Waals surface area contributed by atoms with Crippen molar-refractivity contribution in [3.63, 3.8) is 0 Å². The fourth-order valence-corrected chi connectivity index (χ4v) is 5.57. The van der Waals surface area contributed by atoms with Crippen LogP contribution in [0.4, 0.5) is 0 Å². The molecule has 4 heterocycles. The highest BCUT2D eigenvalue weighted by Gasteiger charge is 2.31. The molecular weight excluding hydrogens is 398 g/mol. The van der Waals surface area contributed by atoms with Crippen molar-refractivity contribution in [3.05, 3.63) is 50.4 Å². The number of fused-ring (bicyclic) bond motifs is 1. The van der Waals surface area contributed by atoms with Crippen LogP contribution >= 0.6 is 38.6 Å². The predicted octanol–water partition coefficient (Wildman–Crippen LogP) is 6.66. The van der Waals surface area contributed by atoms with Crippen molar-refractivity contribution < 1.29 is 0 Å². The van der Waals surface area contributed by atoms with E-state index in [2.05, 4.69) is 55.9 Å². The normalized spacial score (nSPS) is 20.9. The molecule has 0 aliphatic carbocycles. The summed E-state index contributed by atoms with van der Waals surface area (Å²) in [5, 5.41) is 5.49. The van der Waals surface area contributed by atoms with Gasteiger partial charge in [0, 0.05) is 26.7 Å². The quantitative estimate of drug-likeness (QED) is 0.487. The molecule has 24 heavy (non-hydrogen) atoms. The number of alkyl halides is 1. The Morgan fingerprint density at radius 2 is 1.71 bits per heavy atom. The van der Waals surface area contributed by atoms with Gasteiger partial charge in [0.1, 0.15) is 0 Å². The molecule has 0 spiro atoms. The molecule has 0 amide bonds. The zero-order valence-electron chi connectivity index (χ0n) is 14.3. The van der Waals surface area contributed by atoms with Crippen molar-refractivity contribution >= 4 is 44.2 Å². The van der Waals surface area contributed by atoms with E-state index in [1.54, 1.807) is 11.1 Å². The van der Waals surface area contributed by atoms with Gasteiger partial charge in [0.2, 0.25) is 0 Å². The first-order valence-corrected chi connectivity index (χ1v) is 11.8. The number of halogens is 1. The molecule has 0 N–H and O–H groups in total. The van der Waals surface area contributed by atoms with Gasteiger partial charge in [-0.2, -0.15) is 0 Å². The fourth-order valence-electron chi connectivity index (χ4n) is 3.86. The molecule has 2 fully saturated rings. The summed E-state index contributed by atoms with van der Waals surface area (Å²) in [6, 6.07) is 9.68. The van der Waals surface area contributed by atoms with E-state index in [0.29, 0.717) is 6.04 Å². The third-order valence-corrected chi connectivity index (χ3v) is 6.54. The first-order valence-electron chi connectivity index (χ1n) is 8.96. The highest BCUT2D eigenvalue weighted by atomic mass is 79.9. The van der Waals surface area contributed by atoms with Crippen molar-refractivity contribution in [2.45, 2.75) is 45.1 Å². The van der Waals surface area contributed by atoms with E-state index in [4.69, 9.17) is 0 Å². The van der Waals surface area contributed by atoms with Gasteiger partial charge in [0.25, 0.3) is 0 Å². The fraction of sp³-hybridized carbons (Fsp3) is 0.500. The summed E-state index contributed by atoms with van der Waals surface area (Å²) in [6.45, 7) is 4.65. The molecule has 2 aliphatic rings. The Labute approximate surface area is 162 Å². The van der Waals surface area contributed by atoms with Gasteiger partial charge < -0.3 is 0 Å². The Hall–Kier alpha value is -0.420. The number of hydrogen-bond donors (Lipinski definition) is 0. The van der Waals surface area contributed by atoms with Gasteiger partial charge in [-0.05, 0) is 67.2 Å². The lowest BCUT2D eigenvalue weighted by Gasteiger charge is -2.42. The molecule has 0 radical (unpaired) electrons. The first-order chi connectivity index (χ1) is 11.8. The van der Waals surface area contributed by atoms with Gasteiger partial charge in [-0.15, -0.1) is 22.7 Å². The van der Waals surface area contributed by atoms with E-state index >= 15 is 0 Å². The van der Waals surface area contributed by atoms with Crippen molar-refractivity contribution in [2.24, 2.45) is 0 Å². The zero-order chi connectivity index (χ0) is 16.8. The van der Waals surface area contributed by atoms with E-state index in [-0.39, 0.29) is 0 Å². The topological polar surface area (TPSA) is 3.24 Å². The molecule has 0 saturated carbocycles. The number of piperidine rings is 2. The maximum absolute atomic E-state index is 3.15. The zero-order valence-corrected chi connectivity index (χ0v) is 17.6. The summed E-state index contributed by atoms with van der Waals surface area (Å²) >= 11 is 6.93. The van der Waals surface area contributed by atoms with Crippen molar-refractivity contribution in [1.29, 1.82) is 0 Å². The summed E-state index contributed by atoms with van der Waals surface area (Å²) in [6.07, 6.45) is 6.75. The van der Waals surface area contributed by atoms with Gasteiger partial charge in [-0.25, -0.2) is 0 Å². The van der Waals surface area contributed by atoms with Crippen LogP contribution in [-0.2, 0) is 0 Å². The monoisotopic (exact) mass is 423 g/mol. The van der Waals surface area contributed by atoms with Crippen LogP contribution in [0.15, 0.2) is 40.6 Å². The van der Waals surface area contributed by atoms with E-state index < -0.39 is 0 Å². The van der Waals surface area contributed by atoms with Crippen LogP contribution in [0.5, 0.6) is 0 Å². The average Bonchev–Trinajstić information content (AvgIpc) is 3.31. The smallest absolute Gasteiger partial charge is 0.0357 e. The third-order valence-electron chi connectivity index (χ3n) is 4.76. The van der Waals surface area contributed by atoms with Gasteiger partial charge >= 0.3 is 0 Å². The summed E-state index contributed by atoms with van der Waals surface area (Å²) in [7, 11) is 0. The largest absolute Gasteiger partial charge is 0.297 e. The third kappa shape index (κ3) is 4.21. The highest BCUT2D eigenvalue weighted by molar-refractivity contribution is 9.09. The predicted molar refractivity (Wildman–Crippen MR) is 113 cm³/mol. The second-order valence-electron chi connectivity index (χ2n) is 6.27. The van der Waals surface area contributed by atoms with E-state index in [1.807, 2.05) is 29.6 Å². The van der Waals surface area contributed by atoms with Crippen LogP contribution in [0, 0.1) is 0 Å². The Morgan fingerprint density at radius 3 is 2.29 bits per heavy atom. The molecule has 2 aromatic heterocycles. The Kier molecular flexibility index (Phi) is 7.14. The van der Waals surface area contributed by atoms with Crippen LogP contribution in [0.25, 0.3) is 5.57 Å². The molecule has 0 aromatic carbocycles. The van der Waals surface area contributed by atoms with Gasteiger partial charge in [-0.1, -0.05) is 41.4 Å². The van der Waals surface area contributed by atoms with Crippen LogP contribution in [-0.4, -0.2) is 29.4 Å². The lowest BCUT2D eigenvalue weighted by Crippen LogP contribution is -2.44. The second kappa shape index (κ2) is 9.33. The number of rotatable bonds is 2. The molecule has 1 unspecified atom stereocenters. The SMILES string of the molecule is CCBr.c1csc(C(=C2CCCN3CCCCC23)c2cccs2)c1. The van der Waals surface area contributed by atoms with E-state index in [0.717, 1.165) is 5.33 Å². The molecule has 4 rings (SSSR count). The van der Waals surface area contributed by atoms with Crippen LogP contribution in [0.1, 0.15) is 48.8 Å². The minimum atomic E-state index is 0.701. The van der Waals surface area contributed by atoms with E-state index in [1.165, 1.54) is 54.9 Å². The Morgan fingerprint density at radius 1 is 1.08 bits per heavy atom. The second-order valence-corrected chi connectivity index (χ2v) is 9.29. The maximum Gasteiger partial charge on any atom is 0.0357 e. The van der Waals surface area contributed by atoms with Crippen LogP contribution < -0.4 is 0 Å². The molecule has 130 valence electrons. The first kappa shape index (κ1) is 18.4. The highest BCUT2D eigenvalue weighted by Crippen LogP contribution is 2.40. The van der Waals surface area contributed by atoms with Gasteiger partial charge in [-0.3, -0.25) is 4.90 Å². The molecule has 1 atom stereocenters. The molecule has 2 saturated heterocycles. The van der Waals surface area contributed by atoms with Crippen molar-refractivity contribution in [2.75, 3.05) is 18.4 Å². The maximum atomic E-state index is 3.15. The van der Waals surface area contributed by atoms with Gasteiger partial charge in [0.05, 0.1) is 0 Å². The Bertz CT molecular complexity index is 592. The molecule has 1 nitrogen and oxygen atoms in total. The molecular formula is C20H26BrNS2. The summed E-state index contributed by atoms with van der Waals surface area (Å²) in [4.78, 5) is 5.66. The minimum absolute atomic E-state index is 0.701. The summed E-state index contributed by atoms with van der Waals surface area (Å²) < 4.78 is 0. The number of hydrogen-bond acceptors (Lipinski definition) is 3.